The van der Waals surface area contributed by atoms with Gasteiger partial charge < -0.3 is 0 Å². The maximum absolute atomic E-state index is 4.21. The first-order valence-electron chi connectivity index (χ1n) is 5.25. The molecule has 3 aliphatic carbocycles. The summed E-state index contributed by atoms with van der Waals surface area (Å²) >= 11 is 0. The maximum atomic E-state index is 4.21. The Morgan fingerprint density at radius 2 is 2.17 bits per heavy atom. The fourth-order valence-electron chi connectivity index (χ4n) is 3.41. The predicted molar refractivity (Wildman–Crippen MR) is 52.9 cm³/mol. The van der Waals surface area contributed by atoms with Gasteiger partial charge in [0.2, 0.25) is 0 Å². The van der Waals surface area contributed by atoms with Crippen molar-refractivity contribution in [3.8, 4) is 0 Å². The second-order valence-electron chi connectivity index (χ2n) is 5.24. The molecule has 0 spiro atoms. The van der Waals surface area contributed by atoms with Crippen LogP contribution in [0.4, 0.5) is 0 Å². The summed E-state index contributed by atoms with van der Waals surface area (Å²) in [7, 11) is 0. The highest BCUT2D eigenvalue weighted by Gasteiger charge is 2.54. The molecule has 0 aliphatic heterocycles. The Kier molecular flexibility index (Phi) is 1.65. The zero-order chi connectivity index (χ0) is 8.93. The first-order chi connectivity index (χ1) is 5.57. The van der Waals surface area contributed by atoms with E-state index in [0.29, 0.717) is 5.41 Å². The average Bonchev–Trinajstić information content (AvgIpc) is 2.03. The van der Waals surface area contributed by atoms with Gasteiger partial charge in [-0.05, 0) is 42.4 Å². The van der Waals surface area contributed by atoms with Crippen LogP contribution >= 0.6 is 0 Å². The molecule has 0 amide bonds. The molecule has 3 rings (SSSR count). The maximum Gasteiger partial charge on any atom is -0.0175 e. The largest absolute Gasteiger partial charge is 0.0996 e. The van der Waals surface area contributed by atoms with Crippen molar-refractivity contribution in [1.82, 2.24) is 0 Å². The van der Waals surface area contributed by atoms with Crippen molar-refractivity contribution in [2.24, 2.45) is 23.2 Å². The van der Waals surface area contributed by atoms with Crippen LogP contribution in [0.25, 0.3) is 0 Å². The summed E-state index contributed by atoms with van der Waals surface area (Å²) in [6, 6.07) is 0. The van der Waals surface area contributed by atoms with Crippen LogP contribution in [0.3, 0.4) is 0 Å². The molecular weight excluding hydrogens is 144 g/mol. The molecule has 3 saturated carbocycles. The van der Waals surface area contributed by atoms with E-state index in [1.165, 1.54) is 24.8 Å². The molecule has 3 fully saturated rings. The molecule has 0 aromatic carbocycles. The van der Waals surface area contributed by atoms with E-state index in [1.807, 2.05) is 0 Å². The molecule has 0 radical (unpaired) electrons. The van der Waals surface area contributed by atoms with E-state index < -0.39 is 0 Å². The van der Waals surface area contributed by atoms with E-state index in [1.54, 1.807) is 0 Å². The molecule has 3 aliphatic rings. The zero-order valence-electron chi connectivity index (χ0n) is 8.56. The van der Waals surface area contributed by atoms with Gasteiger partial charge in [-0.3, -0.25) is 0 Å². The molecule has 0 aromatic heterocycles. The minimum Gasteiger partial charge on any atom is -0.0996 e. The van der Waals surface area contributed by atoms with Gasteiger partial charge in [-0.25, -0.2) is 0 Å². The zero-order valence-corrected chi connectivity index (χ0v) is 8.56. The highest BCUT2D eigenvalue weighted by molar-refractivity contribution is 5.18. The molecule has 0 aromatic rings. The van der Waals surface area contributed by atoms with Crippen LogP contribution in [0, 0.1) is 23.2 Å². The smallest absolute Gasteiger partial charge is 0.0175 e. The lowest BCUT2D eigenvalue weighted by Crippen LogP contribution is -2.52. The highest BCUT2D eigenvalue weighted by atomic mass is 14.6. The average molecular weight is 164 g/mol. The third kappa shape index (κ3) is 0.841. The van der Waals surface area contributed by atoms with E-state index in [9.17, 15) is 0 Å². The normalized spacial score (nSPS) is 43.9. The monoisotopic (exact) mass is 164 g/mol. The topological polar surface area (TPSA) is 0 Å². The predicted octanol–water partition coefficient (Wildman–Crippen LogP) is 3.63. The molecule has 2 bridgehead atoms. The molecule has 12 heavy (non-hydrogen) atoms. The molecule has 0 nitrogen and oxygen atoms in total. The third-order valence-corrected chi connectivity index (χ3v) is 4.50. The van der Waals surface area contributed by atoms with Gasteiger partial charge in [0.1, 0.15) is 0 Å². The van der Waals surface area contributed by atoms with E-state index in [0.717, 1.165) is 17.8 Å². The lowest BCUT2D eigenvalue weighted by atomic mass is 9.44. The van der Waals surface area contributed by atoms with Crippen LogP contribution in [0.15, 0.2) is 12.2 Å². The van der Waals surface area contributed by atoms with Gasteiger partial charge in [0, 0.05) is 0 Å². The molecule has 68 valence electrons. The second-order valence-corrected chi connectivity index (χ2v) is 5.24. The first-order valence-corrected chi connectivity index (χ1v) is 5.25. The van der Waals surface area contributed by atoms with E-state index in [-0.39, 0.29) is 0 Å². The van der Waals surface area contributed by atoms with Gasteiger partial charge in [-0.2, -0.15) is 0 Å². The van der Waals surface area contributed by atoms with Gasteiger partial charge in [-0.15, -0.1) is 0 Å². The first kappa shape index (κ1) is 8.34. The summed E-state index contributed by atoms with van der Waals surface area (Å²) in [5.74, 6) is 2.75. The van der Waals surface area contributed by atoms with Crippen LogP contribution in [0.1, 0.15) is 40.0 Å². The third-order valence-electron chi connectivity index (χ3n) is 4.50. The lowest BCUT2D eigenvalue weighted by Gasteiger charge is -2.61. The molecule has 1 unspecified atom stereocenters. The van der Waals surface area contributed by atoms with Crippen LogP contribution in [-0.2, 0) is 0 Å². The van der Waals surface area contributed by atoms with Crippen LogP contribution in [0.5, 0.6) is 0 Å². The summed E-state index contributed by atoms with van der Waals surface area (Å²) in [4.78, 5) is 0. The summed E-state index contributed by atoms with van der Waals surface area (Å²) in [5.41, 5.74) is 2.17. The Labute approximate surface area is 76.1 Å². The summed E-state index contributed by atoms with van der Waals surface area (Å²) in [6.07, 6.45) is 4.09. The fraction of sp³-hybridized carbons (Fsp3) is 0.833. The van der Waals surface area contributed by atoms with Crippen LogP contribution in [-0.4, -0.2) is 0 Å². The number of allylic oxidation sites excluding steroid dienone is 1. The van der Waals surface area contributed by atoms with Crippen LogP contribution in [0.2, 0.25) is 0 Å². The molecule has 0 heteroatoms. The van der Waals surface area contributed by atoms with E-state index >= 15 is 0 Å². The van der Waals surface area contributed by atoms with Crippen molar-refractivity contribution >= 4 is 0 Å². The minimum absolute atomic E-state index is 0.627. The van der Waals surface area contributed by atoms with Gasteiger partial charge >= 0.3 is 0 Å². The molecule has 0 N–H and O–H groups in total. The lowest BCUT2D eigenvalue weighted by molar-refractivity contribution is -0.0777. The van der Waals surface area contributed by atoms with Crippen molar-refractivity contribution in [2.45, 2.75) is 40.0 Å². The Bertz CT molecular complexity index is 212. The van der Waals surface area contributed by atoms with E-state index in [4.69, 9.17) is 0 Å². The van der Waals surface area contributed by atoms with Crippen molar-refractivity contribution in [3.63, 3.8) is 0 Å². The van der Waals surface area contributed by atoms with Crippen molar-refractivity contribution < 1.29 is 0 Å². The quantitative estimate of drug-likeness (QED) is 0.519. The Balaban J connectivity index is 2.20. The standard InChI is InChI=1S/C12H20/c1-5-10-8(2)6-9-7-11(10)12(9,3)4/h9-11H,2,5-7H2,1,3-4H3/t9-,10?,11-/m1/s1. The van der Waals surface area contributed by atoms with Crippen molar-refractivity contribution in [3.05, 3.63) is 12.2 Å². The number of hydrogen-bond acceptors (Lipinski definition) is 0. The summed E-state index contributed by atoms with van der Waals surface area (Å²) in [5, 5.41) is 0. The molecule has 0 saturated heterocycles. The second kappa shape index (κ2) is 2.37. The number of fused-ring (bicyclic) bond motifs is 2. The fourth-order valence-corrected chi connectivity index (χ4v) is 3.41. The van der Waals surface area contributed by atoms with Gasteiger partial charge in [-0.1, -0.05) is 32.9 Å². The van der Waals surface area contributed by atoms with Crippen LogP contribution < -0.4 is 0 Å². The number of hydrogen-bond donors (Lipinski definition) is 0. The van der Waals surface area contributed by atoms with Gasteiger partial charge in [0.25, 0.3) is 0 Å². The molecule has 0 heterocycles. The molecular formula is C12H20. The summed E-state index contributed by atoms with van der Waals surface area (Å²) in [6.45, 7) is 11.4. The number of rotatable bonds is 1. The van der Waals surface area contributed by atoms with Crippen molar-refractivity contribution in [1.29, 1.82) is 0 Å². The van der Waals surface area contributed by atoms with Gasteiger partial charge in [0.15, 0.2) is 0 Å². The summed E-state index contributed by atoms with van der Waals surface area (Å²) < 4.78 is 0. The van der Waals surface area contributed by atoms with E-state index in [2.05, 4.69) is 27.4 Å². The highest BCUT2D eigenvalue weighted by Crippen LogP contribution is 2.63. The Morgan fingerprint density at radius 3 is 2.58 bits per heavy atom. The van der Waals surface area contributed by atoms with Gasteiger partial charge in [0.05, 0.1) is 0 Å². The molecule has 3 atom stereocenters. The minimum atomic E-state index is 0.627. The van der Waals surface area contributed by atoms with Crippen molar-refractivity contribution in [2.75, 3.05) is 0 Å². The Hall–Kier alpha value is -0.260. The Morgan fingerprint density at radius 1 is 1.50 bits per heavy atom. The SMILES string of the molecule is C=C1C[C@@H]2C[C@H](C1CC)C2(C)C.